The summed E-state index contributed by atoms with van der Waals surface area (Å²) in [4.78, 5) is 19.0. The molecule has 2 aromatic carbocycles. The molecule has 0 atom stereocenters. The molecule has 0 bridgehead atoms. The molecule has 2 heterocycles. The summed E-state index contributed by atoms with van der Waals surface area (Å²) in [5.41, 5.74) is 0.965. The first-order valence-electron chi connectivity index (χ1n) is 8.70. The second-order valence-electron chi connectivity index (χ2n) is 6.42. The van der Waals surface area contributed by atoms with Gasteiger partial charge in [0.2, 0.25) is 0 Å². The minimum absolute atomic E-state index is 0.0448. The lowest BCUT2D eigenvalue weighted by Crippen LogP contribution is -2.40. The second kappa shape index (κ2) is 7.64. The summed E-state index contributed by atoms with van der Waals surface area (Å²) in [6, 6.07) is 15.3. The molecule has 134 valence electrons. The fourth-order valence-corrected chi connectivity index (χ4v) is 4.51. The lowest BCUT2D eigenvalue weighted by molar-refractivity contribution is -0.134. The van der Waals surface area contributed by atoms with Gasteiger partial charge in [-0.2, -0.15) is 0 Å². The van der Waals surface area contributed by atoms with E-state index >= 15 is 0 Å². The molecule has 1 amide bonds. The van der Waals surface area contributed by atoms with Crippen LogP contribution in [-0.4, -0.2) is 35.5 Å². The SMILES string of the molecule is O=C(COc1ccccc1)N1CCC(c2nc3cc(Cl)ccc3s2)CC1. The highest BCUT2D eigenvalue weighted by atomic mass is 35.5. The average molecular weight is 387 g/mol. The summed E-state index contributed by atoms with van der Waals surface area (Å²) < 4.78 is 6.74. The van der Waals surface area contributed by atoms with Gasteiger partial charge in [-0.15, -0.1) is 11.3 Å². The van der Waals surface area contributed by atoms with Crippen LogP contribution in [0.5, 0.6) is 5.75 Å². The molecule has 0 radical (unpaired) electrons. The number of hydrogen-bond donors (Lipinski definition) is 0. The standard InChI is InChI=1S/C20H19ClN2O2S/c21-15-6-7-18-17(12-15)22-20(26-18)14-8-10-23(11-9-14)19(24)13-25-16-4-2-1-3-5-16/h1-7,12,14H,8-11,13H2. The van der Waals surface area contributed by atoms with Gasteiger partial charge in [0.1, 0.15) is 5.75 Å². The first-order valence-corrected chi connectivity index (χ1v) is 9.90. The van der Waals surface area contributed by atoms with Crippen LogP contribution in [0.15, 0.2) is 48.5 Å². The minimum atomic E-state index is 0.0448. The molecule has 0 aliphatic carbocycles. The van der Waals surface area contributed by atoms with E-state index < -0.39 is 0 Å². The van der Waals surface area contributed by atoms with Gasteiger partial charge < -0.3 is 9.64 Å². The molecule has 0 saturated carbocycles. The number of thiazole rings is 1. The number of carbonyl (C=O) groups excluding carboxylic acids is 1. The predicted molar refractivity (Wildman–Crippen MR) is 105 cm³/mol. The smallest absolute Gasteiger partial charge is 0.260 e. The van der Waals surface area contributed by atoms with E-state index in [2.05, 4.69) is 0 Å². The quantitative estimate of drug-likeness (QED) is 0.650. The van der Waals surface area contributed by atoms with Gasteiger partial charge >= 0.3 is 0 Å². The Kier molecular flexibility index (Phi) is 5.09. The number of fused-ring (bicyclic) bond motifs is 1. The maximum absolute atomic E-state index is 12.4. The first kappa shape index (κ1) is 17.3. The van der Waals surface area contributed by atoms with Crippen molar-refractivity contribution in [2.24, 2.45) is 0 Å². The lowest BCUT2D eigenvalue weighted by atomic mass is 9.97. The number of likely N-dealkylation sites (tertiary alicyclic amines) is 1. The van der Waals surface area contributed by atoms with Crippen molar-refractivity contribution in [3.63, 3.8) is 0 Å². The zero-order valence-electron chi connectivity index (χ0n) is 14.2. The number of nitrogens with zero attached hydrogens (tertiary/aromatic N) is 2. The molecular weight excluding hydrogens is 368 g/mol. The zero-order valence-corrected chi connectivity index (χ0v) is 15.8. The van der Waals surface area contributed by atoms with Crippen molar-refractivity contribution in [1.82, 2.24) is 9.88 Å². The van der Waals surface area contributed by atoms with Gasteiger partial charge in [-0.25, -0.2) is 4.98 Å². The molecule has 26 heavy (non-hydrogen) atoms. The van der Waals surface area contributed by atoms with Crippen LogP contribution in [0.2, 0.25) is 5.02 Å². The van der Waals surface area contributed by atoms with Crippen LogP contribution in [0.3, 0.4) is 0 Å². The number of para-hydroxylation sites is 1. The molecule has 6 heteroatoms. The number of carbonyl (C=O) groups is 1. The van der Waals surface area contributed by atoms with E-state index in [1.807, 2.05) is 53.4 Å². The van der Waals surface area contributed by atoms with Crippen LogP contribution in [0.4, 0.5) is 0 Å². The lowest BCUT2D eigenvalue weighted by Gasteiger charge is -2.31. The van der Waals surface area contributed by atoms with Gasteiger partial charge in [-0.1, -0.05) is 29.8 Å². The third-order valence-corrected chi connectivity index (χ3v) is 6.10. The number of benzene rings is 2. The Labute approximate surface area is 161 Å². The van der Waals surface area contributed by atoms with E-state index in [9.17, 15) is 4.79 Å². The number of rotatable bonds is 4. The third kappa shape index (κ3) is 3.84. The van der Waals surface area contributed by atoms with E-state index in [1.165, 1.54) is 4.70 Å². The van der Waals surface area contributed by atoms with Crippen molar-refractivity contribution in [2.75, 3.05) is 19.7 Å². The van der Waals surface area contributed by atoms with Crippen molar-refractivity contribution < 1.29 is 9.53 Å². The molecule has 1 fully saturated rings. The van der Waals surface area contributed by atoms with Crippen LogP contribution in [0.1, 0.15) is 23.8 Å². The van der Waals surface area contributed by atoms with Crippen LogP contribution in [0.25, 0.3) is 10.2 Å². The van der Waals surface area contributed by atoms with Crippen LogP contribution in [-0.2, 0) is 4.79 Å². The summed E-state index contributed by atoms with van der Waals surface area (Å²) in [7, 11) is 0. The first-order chi connectivity index (χ1) is 12.7. The highest BCUT2D eigenvalue weighted by Crippen LogP contribution is 2.34. The number of ether oxygens (including phenoxy) is 1. The summed E-state index contributed by atoms with van der Waals surface area (Å²) in [6.45, 7) is 1.59. The molecule has 1 saturated heterocycles. The second-order valence-corrected chi connectivity index (χ2v) is 7.92. The van der Waals surface area contributed by atoms with Crippen LogP contribution < -0.4 is 4.74 Å². The predicted octanol–water partition coefficient (Wildman–Crippen LogP) is 4.73. The number of piperidine rings is 1. The van der Waals surface area contributed by atoms with Crippen molar-refractivity contribution in [1.29, 1.82) is 0 Å². The van der Waals surface area contributed by atoms with Gasteiger partial charge in [0.05, 0.1) is 15.2 Å². The maximum atomic E-state index is 12.4. The highest BCUT2D eigenvalue weighted by molar-refractivity contribution is 7.18. The largest absolute Gasteiger partial charge is 0.484 e. The van der Waals surface area contributed by atoms with Gasteiger partial charge in [0, 0.05) is 24.0 Å². The Hall–Kier alpha value is -2.11. The molecule has 0 spiro atoms. The Balaban J connectivity index is 1.33. The van der Waals surface area contributed by atoms with Crippen LogP contribution in [0, 0.1) is 0 Å². The number of aromatic nitrogens is 1. The number of amides is 1. The van der Waals surface area contributed by atoms with Crippen LogP contribution >= 0.6 is 22.9 Å². The Morgan fingerprint density at radius 1 is 1.19 bits per heavy atom. The molecular formula is C20H19ClN2O2S. The van der Waals surface area contributed by atoms with E-state index in [-0.39, 0.29) is 12.5 Å². The van der Waals surface area contributed by atoms with Gasteiger partial charge in [-0.3, -0.25) is 4.79 Å². The highest BCUT2D eigenvalue weighted by Gasteiger charge is 2.26. The maximum Gasteiger partial charge on any atom is 0.260 e. The summed E-state index contributed by atoms with van der Waals surface area (Å²) >= 11 is 7.78. The van der Waals surface area contributed by atoms with E-state index in [1.54, 1.807) is 11.3 Å². The monoisotopic (exact) mass is 386 g/mol. The zero-order chi connectivity index (χ0) is 17.9. The number of hydrogen-bond acceptors (Lipinski definition) is 4. The van der Waals surface area contributed by atoms with Gasteiger partial charge in [-0.05, 0) is 43.2 Å². The van der Waals surface area contributed by atoms with E-state index in [4.69, 9.17) is 21.3 Å². The third-order valence-electron chi connectivity index (χ3n) is 4.67. The topological polar surface area (TPSA) is 42.4 Å². The molecule has 1 aliphatic heterocycles. The Bertz CT molecular complexity index is 905. The molecule has 0 N–H and O–H groups in total. The molecule has 1 aliphatic rings. The van der Waals surface area contributed by atoms with Crippen molar-refractivity contribution in [3.05, 3.63) is 58.6 Å². The minimum Gasteiger partial charge on any atom is -0.484 e. The van der Waals surface area contributed by atoms with Crippen molar-refractivity contribution in [3.8, 4) is 5.75 Å². The molecule has 3 aromatic rings. The van der Waals surface area contributed by atoms with Crippen molar-refractivity contribution in [2.45, 2.75) is 18.8 Å². The van der Waals surface area contributed by atoms with Crippen molar-refractivity contribution >= 4 is 39.1 Å². The summed E-state index contributed by atoms with van der Waals surface area (Å²) in [5.74, 6) is 1.18. The molecule has 4 rings (SSSR count). The Morgan fingerprint density at radius 2 is 1.96 bits per heavy atom. The Morgan fingerprint density at radius 3 is 2.73 bits per heavy atom. The number of halogens is 1. The average Bonchev–Trinajstić information content (AvgIpc) is 3.10. The van der Waals surface area contributed by atoms with E-state index in [0.717, 1.165) is 42.2 Å². The summed E-state index contributed by atoms with van der Waals surface area (Å²) in [5, 5.41) is 1.86. The fourth-order valence-electron chi connectivity index (χ4n) is 3.22. The van der Waals surface area contributed by atoms with Gasteiger partial charge in [0.15, 0.2) is 6.61 Å². The molecule has 1 aromatic heterocycles. The summed E-state index contributed by atoms with van der Waals surface area (Å²) in [6.07, 6.45) is 1.87. The normalized spacial score (nSPS) is 15.3. The van der Waals surface area contributed by atoms with E-state index in [0.29, 0.717) is 10.9 Å². The fraction of sp³-hybridized carbons (Fsp3) is 0.300. The molecule has 4 nitrogen and oxygen atoms in total. The molecule has 0 unspecified atom stereocenters. The van der Waals surface area contributed by atoms with Gasteiger partial charge in [0.25, 0.3) is 5.91 Å².